The van der Waals surface area contributed by atoms with Gasteiger partial charge in [-0.2, -0.15) is 0 Å². The van der Waals surface area contributed by atoms with E-state index in [1.807, 2.05) is 0 Å². The van der Waals surface area contributed by atoms with Crippen molar-refractivity contribution < 1.29 is 14.7 Å². The van der Waals surface area contributed by atoms with Gasteiger partial charge in [-0.15, -0.1) is 11.3 Å². The van der Waals surface area contributed by atoms with Crippen LogP contribution in [-0.4, -0.2) is 22.0 Å². The van der Waals surface area contributed by atoms with E-state index in [-0.39, 0.29) is 10.8 Å². The van der Waals surface area contributed by atoms with Crippen LogP contribution in [0.15, 0.2) is 24.4 Å². The van der Waals surface area contributed by atoms with E-state index in [1.54, 1.807) is 19.1 Å². The molecule has 98 valence electrons. The Labute approximate surface area is 117 Å². The molecule has 0 aliphatic carbocycles. The fourth-order valence-corrected chi connectivity index (χ4v) is 2.47. The zero-order chi connectivity index (χ0) is 14.0. The van der Waals surface area contributed by atoms with Crippen LogP contribution in [0.25, 0.3) is 0 Å². The second-order valence-corrected chi connectivity index (χ2v) is 5.19. The molecule has 5 nitrogen and oxygen atoms in total. The normalized spacial score (nSPS) is 10.2. The molecule has 19 heavy (non-hydrogen) atoms. The van der Waals surface area contributed by atoms with Gasteiger partial charge in [0.25, 0.3) is 5.91 Å². The first-order chi connectivity index (χ1) is 8.97. The van der Waals surface area contributed by atoms with Gasteiger partial charge >= 0.3 is 5.97 Å². The van der Waals surface area contributed by atoms with Gasteiger partial charge in [0.2, 0.25) is 0 Å². The van der Waals surface area contributed by atoms with Crippen LogP contribution in [0, 0.1) is 6.92 Å². The van der Waals surface area contributed by atoms with Crippen molar-refractivity contribution in [3.05, 3.63) is 45.6 Å². The topological polar surface area (TPSA) is 79.3 Å². The number of anilines is 1. The molecule has 2 aromatic heterocycles. The Kier molecular flexibility index (Phi) is 3.82. The first-order valence-electron chi connectivity index (χ1n) is 5.24. The lowest BCUT2D eigenvalue weighted by Crippen LogP contribution is -2.10. The predicted molar refractivity (Wildman–Crippen MR) is 73.2 cm³/mol. The van der Waals surface area contributed by atoms with Crippen LogP contribution < -0.4 is 5.32 Å². The molecule has 0 spiro atoms. The fourth-order valence-electron chi connectivity index (χ4n) is 1.45. The number of rotatable bonds is 3. The van der Waals surface area contributed by atoms with Crippen LogP contribution in [0.3, 0.4) is 0 Å². The van der Waals surface area contributed by atoms with Crippen molar-refractivity contribution in [1.29, 1.82) is 0 Å². The van der Waals surface area contributed by atoms with E-state index in [0.29, 0.717) is 21.3 Å². The minimum Gasteiger partial charge on any atom is -0.477 e. The molecule has 2 aromatic rings. The Balaban J connectivity index is 2.17. The summed E-state index contributed by atoms with van der Waals surface area (Å²) in [5.41, 5.74) is 0.967. The van der Waals surface area contributed by atoms with E-state index in [0.717, 1.165) is 11.3 Å². The third-order valence-corrected chi connectivity index (χ3v) is 3.70. The number of aryl methyl sites for hydroxylation is 1. The molecule has 1 amide bonds. The average molecular weight is 297 g/mol. The Morgan fingerprint density at radius 2 is 2.16 bits per heavy atom. The highest BCUT2D eigenvalue weighted by Gasteiger charge is 2.14. The summed E-state index contributed by atoms with van der Waals surface area (Å²) in [6, 6.07) is 4.68. The van der Waals surface area contributed by atoms with Gasteiger partial charge in [0, 0.05) is 6.20 Å². The van der Waals surface area contributed by atoms with Crippen molar-refractivity contribution in [3.8, 4) is 0 Å². The lowest BCUT2D eigenvalue weighted by Gasteiger charge is -2.01. The van der Waals surface area contributed by atoms with E-state index in [1.165, 1.54) is 12.3 Å². The molecule has 0 radical (unpaired) electrons. The zero-order valence-corrected chi connectivity index (χ0v) is 11.4. The second-order valence-electron chi connectivity index (χ2n) is 3.75. The van der Waals surface area contributed by atoms with Gasteiger partial charge in [-0.1, -0.05) is 11.6 Å². The molecule has 0 fully saturated rings. The summed E-state index contributed by atoms with van der Waals surface area (Å²) in [6.45, 7) is 1.68. The highest BCUT2D eigenvalue weighted by Crippen LogP contribution is 2.26. The summed E-state index contributed by atoms with van der Waals surface area (Å²) < 4.78 is 0. The molecule has 0 bridgehead atoms. The van der Waals surface area contributed by atoms with Crippen molar-refractivity contribution in [3.63, 3.8) is 0 Å². The van der Waals surface area contributed by atoms with Crippen LogP contribution in [-0.2, 0) is 0 Å². The number of carboxylic acid groups (broad SMARTS) is 1. The third-order valence-electron chi connectivity index (χ3n) is 2.34. The molecular weight excluding hydrogens is 288 g/mol. The van der Waals surface area contributed by atoms with Crippen LogP contribution in [0.1, 0.15) is 25.6 Å². The number of aromatic nitrogens is 1. The maximum atomic E-state index is 11.9. The van der Waals surface area contributed by atoms with Gasteiger partial charge in [-0.05, 0) is 30.7 Å². The van der Waals surface area contributed by atoms with Crippen molar-refractivity contribution in [2.24, 2.45) is 0 Å². The Bertz CT molecular complexity index is 637. The number of carbonyl (C=O) groups excluding carboxylic acids is 1. The van der Waals surface area contributed by atoms with E-state index in [2.05, 4.69) is 10.3 Å². The van der Waals surface area contributed by atoms with Crippen LogP contribution in [0.2, 0.25) is 5.15 Å². The van der Waals surface area contributed by atoms with E-state index < -0.39 is 5.97 Å². The van der Waals surface area contributed by atoms with Gasteiger partial charge in [0.1, 0.15) is 10.0 Å². The first-order valence-corrected chi connectivity index (χ1v) is 6.43. The number of hydrogen-bond acceptors (Lipinski definition) is 4. The summed E-state index contributed by atoms with van der Waals surface area (Å²) in [5.74, 6) is -1.36. The van der Waals surface area contributed by atoms with Crippen LogP contribution in [0.4, 0.5) is 5.00 Å². The van der Waals surface area contributed by atoms with Crippen molar-refractivity contribution >= 4 is 39.8 Å². The number of halogens is 1. The maximum absolute atomic E-state index is 11.9. The SMILES string of the molecule is Cc1cc(NC(=O)c2ccc(Cl)nc2)sc1C(=O)O. The van der Waals surface area contributed by atoms with Crippen molar-refractivity contribution in [1.82, 2.24) is 4.98 Å². The lowest BCUT2D eigenvalue weighted by atomic mass is 10.2. The average Bonchev–Trinajstić information content (AvgIpc) is 2.71. The number of carboxylic acids is 1. The molecule has 0 saturated carbocycles. The number of aromatic carboxylic acids is 1. The third kappa shape index (κ3) is 3.10. The first kappa shape index (κ1) is 13.5. The number of hydrogen-bond donors (Lipinski definition) is 2. The van der Waals surface area contributed by atoms with Gasteiger partial charge in [0.05, 0.1) is 10.6 Å². The number of thiophene rings is 1. The van der Waals surface area contributed by atoms with Crippen molar-refractivity contribution in [2.45, 2.75) is 6.92 Å². The second kappa shape index (κ2) is 5.38. The highest BCUT2D eigenvalue weighted by molar-refractivity contribution is 7.18. The van der Waals surface area contributed by atoms with Gasteiger partial charge in [-0.3, -0.25) is 4.79 Å². The summed E-state index contributed by atoms with van der Waals surface area (Å²) in [6.07, 6.45) is 1.36. The Morgan fingerprint density at radius 3 is 2.68 bits per heavy atom. The van der Waals surface area contributed by atoms with Gasteiger partial charge in [0.15, 0.2) is 0 Å². The summed E-state index contributed by atoms with van der Waals surface area (Å²) in [7, 11) is 0. The molecular formula is C12H9ClN2O3S. The molecule has 0 atom stereocenters. The van der Waals surface area contributed by atoms with Gasteiger partial charge in [-0.25, -0.2) is 9.78 Å². The lowest BCUT2D eigenvalue weighted by molar-refractivity contribution is 0.0701. The minimum absolute atomic E-state index is 0.213. The number of pyridine rings is 1. The fraction of sp³-hybridized carbons (Fsp3) is 0.0833. The monoisotopic (exact) mass is 296 g/mol. The smallest absolute Gasteiger partial charge is 0.346 e. The molecule has 7 heteroatoms. The molecule has 2 N–H and O–H groups in total. The maximum Gasteiger partial charge on any atom is 0.346 e. The number of nitrogens with zero attached hydrogens (tertiary/aromatic N) is 1. The largest absolute Gasteiger partial charge is 0.477 e. The molecule has 0 aliphatic heterocycles. The molecule has 0 saturated heterocycles. The molecule has 0 aliphatic rings. The predicted octanol–water partition coefficient (Wildman–Crippen LogP) is 3.06. The summed E-state index contributed by atoms with van der Waals surface area (Å²) in [5, 5.41) is 12.3. The molecule has 0 aromatic carbocycles. The summed E-state index contributed by atoms with van der Waals surface area (Å²) in [4.78, 5) is 26.8. The molecule has 0 unspecified atom stereocenters. The van der Waals surface area contributed by atoms with E-state index in [9.17, 15) is 9.59 Å². The Hall–Kier alpha value is -1.92. The van der Waals surface area contributed by atoms with E-state index in [4.69, 9.17) is 16.7 Å². The van der Waals surface area contributed by atoms with Crippen LogP contribution >= 0.6 is 22.9 Å². The zero-order valence-electron chi connectivity index (χ0n) is 9.81. The quantitative estimate of drug-likeness (QED) is 0.853. The minimum atomic E-state index is -1.00. The van der Waals surface area contributed by atoms with Gasteiger partial charge < -0.3 is 10.4 Å². The standard InChI is InChI=1S/C12H9ClN2O3S/c1-6-4-9(19-10(6)12(17)18)15-11(16)7-2-3-8(13)14-5-7/h2-5H,1H3,(H,15,16)(H,17,18). The Morgan fingerprint density at radius 1 is 1.42 bits per heavy atom. The molecule has 2 heterocycles. The van der Waals surface area contributed by atoms with Crippen LogP contribution in [0.5, 0.6) is 0 Å². The number of nitrogens with one attached hydrogen (secondary N) is 1. The van der Waals surface area contributed by atoms with E-state index >= 15 is 0 Å². The summed E-state index contributed by atoms with van der Waals surface area (Å²) >= 11 is 6.65. The van der Waals surface area contributed by atoms with Crippen molar-refractivity contribution in [2.75, 3.05) is 5.32 Å². The highest BCUT2D eigenvalue weighted by atomic mass is 35.5. The molecule has 2 rings (SSSR count). The number of carbonyl (C=O) groups is 2. The number of amides is 1.